The van der Waals surface area contributed by atoms with Crippen molar-refractivity contribution in [3.63, 3.8) is 0 Å². The van der Waals surface area contributed by atoms with E-state index < -0.39 is 32.1 Å². The van der Waals surface area contributed by atoms with Crippen molar-refractivity contribution in [2.24, 2.45) is 0 Å². The summed E-state index contributed by atoms with van der Waals surface area (Å²) in [5.41, 5.74) is 5.16. The molecule has 1 aromatic heterocycles. The molecule has 70 valence electrons. The van der Waals surface area contributed by atoms with Gasteiger partial charge < -0.3 is 10.6 Å². The van der Waals surface area contributed by atoms with Crippen LogP contribution in [0.2, 0.25) is 0 Å². The van der Waals surface area contributed by atoms with Crippen molar-refractivity contribution in [2.75, 3.05) is 23.6 Å². The van der Waals surface area contributed by atoms with E-state index in [1.54, 1.807) is 0 Å². The number of anilines is 2. The van der Waals surface area contributed by atoms with Gasteiger partial charge in [-0.2, -0.15) is 0 Å². The lowest BCUT2D eigenvalue weighted by molar-refractivity contribution is 0.577. The van der Waals surface area contributed by atoms with Gasteiger partial charge in [-0.25, -0.2) is 4.98 Å². The number of hydrogen-bond acceptors (Lipinski definition) is 3. The van der Waals surface area contributed by atoms with Crippen molar-refractivity contribution in [3.05, 3.63) is 18.3 Å². The Hall–Kier alpha value is -1.25. The van der Waals surface area contributed by atoms with Gasteiger partial charge in [-0.1, -0.05) is 0 Å². The summed E-state index contributed by atoms with van der Waals surface area (Å²) >= 11 is 0. The summed E-state index contributed by atoms with van der Waals surface area (Å²) in [6, 6.07) is 2.40. The molecule has 13 heavy (non-hydrogen) atoms. The second kappa shape index (κ2) is 3.64. The molecule has 0 bridgehead atoms. The number of aromatic nitrogens is 1. The number of nitrogens with zero attached hydrogens (tertiary/aromatic N) is 2. The first kappa shape index (κ1) is 2.62. The Morgan fingerprint density at radius 1 is 1.31 bits per heavy atom. The van der Waals surface area contributed by atoms with Crippen LogP contribution in [0.15, 0.2) is 18.3 Å². The van der Waals surface area contributed by atoms with Crippen molar-refractivity contribution in [2.45, 2.75) is 19.1 Å². The number of pyridine rings is 1. The van der Waals surface area contributed by atoms with E-state index in [9.17, 15) is 0 Å². The van der Waals surface area contributed by atoms with Crippen LogP contribution in [0.1, 0.15) is 32.8 Å². The normalized spacial score (nSPS) is 48.2. The van der Waals surface area contributed by atoms with Crippen molar-refractivity contribution in [3.8, 4) is 0 Å². The topological polar surface area (TPSA) is 42.1 Å². The maximum Gasteiger partial charge on any atom is 0.123 e. The van der Waals surface area contributed by atoms with Crippen LogP contribution in [0, 0.1) is 0 Å². The molecule has 1 fully saturated rings. The quantitative estimate of drug-likeness (QED) is 0.727. The molecule has 0 amide bonds. The number of nitrogen functional groups attached to an aromatic ring is 1. The van der Waals surface area contributed by atoms with Crippen LogP contribution in [0.5, 0.6) is 0 Å². The molecule has 1 aromatic rings. The van der Waals surface area contributed by atoms with E-state index in [1.807, 2.05) is 0 Å². The third-order valence-electron chi connectivity index (χ3n) is 1.49. The fraction of sp³-hybridized carbons (Fsp3) is 0.500. The van der Waals surface area contributed by atoms with E-state index in [2.05, 4.69) is 4.98 Å². The fourth-order valence-electron chi connectivity index (χ4n) is 0.886. The first-order chi connectivity index (χ1) is 10.1. The Morgan fingerprint density at radius 3 is 2.69 bits per heavy atom. The van der Waals surface area contributed by atoms with Gasteiger partial charge in [0.25, 0.3) is 0 Å². The van der Waals surface area contributed by atoms with Crippen molar-refractivity contribution >= 4 is 11.5 Å². The third kappa shape index (κ3) is 1.91. The fourth-order valence-corrected chi connectivity index (χ4v) is 0.886. The summed E-state index contributed by atoms with van der Waals surface area (Å²) in [5.74, 6) is 0.0632. The molecular formula is C10H15N3. The van der Waals surface area contributed by atoms with E-state index in [1.165, 1.54) is 12.1 Å². The van der Waals surface area contributed by atoms with Crippen LogP contribution in [0.25, 0.3) is 0 Å². The van der Waals surface area contributed by atoms with Crippen LogP contribution in [-0.4, -0.2) is 18.0 Å². The molecule has 2 heterocycles. The highest BCUT2D eigenvalue weighted by atomic mass is 15.1. The van der Waals surface area contributed by atoms with Crippen LogP contribution in [-0.2, 0) is 0 Å². The minimum absolute atomic E-state index is 0.0632. The average Bonchev–Trinajstić information content (AvgIpc) is 2.39. The molecule has 2 rings (SSSR count). The van der Waals surface area contributed by atoms with E-state index in [-0.39, 0.29) is 16.4 Å². The lowest BCUT2D eigenvalue weighted by atomic mass is 10.1. The lowest BCUT2D eigenvalue weighted by Crippen LogP contribution is -2.29. The van der Waals surface area contributed by atoms with Gasteiger partial charge in [-0.3, -0.25) is 0 Å². The zero-order valence-corrected chi connectivity index (χ0v) is 6.70. The molecule has 0 spiro atoms. The Balaban J connectivity index is 2.77. The molecule has 0 saturated carbocycles. The predicted molar refractivity (Wildman–Crippen MR) is 54.7 cm³/mol. The molecule has 1 aliphatic heterocycles. The highest BCUT2D eigenvalue weighted by molar-refractivity contribution is 5.48. The Bertz CT molecular complexity index is 582. The van der Waals surface area contributed by atoms with Crippen LogP contribution >= 0.6 is 0 Å². The molecule has 1 saturated heterocycles. The SMILES string of the molecule is [2H]C1([2H])N(c2ccc(N)nc2)C([2H])([2H])C([2H])([2H])C([2H])([2H])C1([2H])[2H]. The highest BCUT2D eigenvalue weighted by Gasteiger charge is 2.10. The zero-order valence-electron chi connectivity index (χ0n) is 16.7. The standard InChI is InChI=1S/C10H15N3/c11-10-5-4-9(8-12-10)13-6-2-1-3-7-13/h4-5,8H,1-3,6-7H2,(H2,11,12)/i1D2,2D2,3D2,6D2,7D2. The monoisotopic (exact) mass is 187 g/mol. The van der Waals surface area contributed by atoms with Crippen molar-refractivity contribution < 1.29 is 13.7 Å². The van der Waals surface area contributed by atoms with Gasteiger partial charge in [0.2, 0.25) is 0 Å². The van der Waals surface area contributed by atoms with E-state index in [0.29, 0.717) is 0 Å². The Labute approximate surface area is 92.6 Å². The minimum atomic E-state index is -3.43. The average molecular weight is 187 g/mol. The van der Waals surface area contributed by atoms with Crippen LogP contribution in [0.4, 0.5) is 11.5 Å². The largest absolute Gasteiger partial charge is 0.384 e. The highest BCUT2D eigenvalue weighted by Crippen LogP contribution is 2.18. The second-order valence-electron chi connectivity index (χ2n) is 2.38. The first-order valence-electron chi connectivity index (χ1n) is 8.64. The van der Waals surface area contributed by atoms with Crippen molar-refractivity contribution in [1.29, 1.82) is 0 Å². The molecule has 3 nitrogen and oxygen atoms in total. The minimum Gasteiger partial charge on any atom is -0.384 e. The molecule has 0 atom stereocenters. The van der Waals surface area contributed by atoms with E-state index in [4.69, 9.17) is 19.4 Å². The van der Waals surface area contributed by atoms with Gasteiger partial charge in [0.1, 0.15) is 5.82 Å². The molecule has 0 unspecified atom stereocenters. The Morgan fingerprint density at radius 2 is 2.08 bits per heavy atom. The maximum atomic E-state index is 7.98. The number of nitrogens with two attached hydrogens (primary N) is 1. The molecule has 0 aromatic carbocycles. The van der Waals surface area contributed by atoms with Gasteiger partial charge in [0.15, 0.2) is 0 Å². The predicted octanol–water partition coefficient (Wildman–Crippen LogP) is 1.65. The smallest absolute Gasteiger partial charge is 0.123 e. The maximum absolute atomic E-state index is 7.98. The summed E-state index contributed by atoms with van der Waals surface area (Å²) in [6.07, 6.45) is -9.14. The molecule has 0 aliphatic carbocycles. The van der Waals surface area contributed by atoms with Gasteiger partial charge in [0, 0.05) is 26.7 Å². The molecule has 3 heteroatoms. The van der Waals surface area contributed by atoms with E-state index in [0.717, 1.165) is 6.20 Å². The van der Waals surface area contributed by atoms with Crippen molar-refractivity contribution in [1.82, 2.24) is 4.98 Å². The molecule has 0 radical (unpaired) electrons. The van der Waals surface area contributed by atoms with Crippen LogP contribution in [0.3, 0.4) is 0 Å². The lowest BCUT2D eigenvalue weighted by Gasteiger charge is -2.28. The molecule has 2 N–H and O–H groups in total. The summed E-state index contributed by atoms with van der Waals surface area (Å²) in [4.78, 5) is 3.93. The number of hydrogen-bond donors (Lipinski definition) is 1. The third-order valence-corrected chi connectivity index (χ3v) is 1.49. The molecule has 1 aliphatic rings. The second-order valence-corrected chi connectivity index (χ2v) is 2.38. The van der Waals surface area contributed by atoms with Gasteiger partial charge in [0.05, 0.1) is 11.9 Å². The Kier molecular flexibility index (Phi) is 0.735. The number of piperidine rings is 1. The summed E-state index contributed by atoms with van der Waals surface area (Å²) in [6.45, 7) is -6.38. The van der Waals surface area contributed by atoms with Gasteiger partial charge in [-0.15, -0.1) is 0 Å². The first-order valence-corrected chi connectivity index (χ1v) is 3.64. The van der Waals surface area contributed by atoms with Gasteiger partial charge in [-0.05, 0) is 31.3 Å². The summed E-state index contributed by atoms with van der Waals surface area (Å²) < 4.78 is 78.6. The number of rotatable bonds is 1. The summed E-state index contributed by atoms with van der Waals surface area (Å²) in [5, 5.41) is 0. The van der Waals surface area contributed by atoms with Crippen LogP contribution < -0.4 is 10.6 Å². The van der Waals surface area contributed by atoms with Gasteiger partial charge >= 0.3 is 0 Å². The summed E-state index contributed by atoms with van der Waals surface area (Å²) in [7, 11) is 0. The van der Waals surface area contributed by atoms with E-state index >= 15 is 0 Å². The molecular weight excluding hydrogens is 162 g/mol. The zero-order chi connectivity index (χ0) is 18.1.